The first-order valence-electron chi connectivity index (χ1n) is 10.3. The summed E-state index contributed by atoms with van der Waals surface area (Å²) in [4.78, 5) is 31.9. The molecule has 33 heavy (non-hydrogen) atoms. The van der Waals surface area contributed by atoms with Crippen molar-refractivity contribution in [2.75, 3.05) is 23.1 Å². The number of carbonyl (C=O) groups excluding carboxylic acids is 2. The van der Waals surface area contributed by atoms with Crippen molar-refractivity contribution in [3.8, 4) is 5.75 Å². The summed E-state index contributed by atoms with van der Waals surface area (Å²) in [6.45, 7) is 1.92. The first-order chi connectivity index (χ1) is 16.0. The van der Waals surface area contributed by atoms with E-state index in [1.807, 2.05) is 72.8 Å². The SMILES string of the molecule is COc1ccc2nc(N(Cc3ccccc3)C(=O)CSc3ccc(NC(C)=O)cc3)sc2c1. The zero-order valence-corrected chi connectivity index (χ0v) is 19.9. The maximum atomic E-state index is 13.3. The quantitative estimate of drug-likeness (QED) is 0.335. The molecule has 1 N–H and O–H groups in total. The molecular formula is C25H23N3O3S2. The topological polar surface area (TPSA) is 71.5 Å². The highest BCUT2D eigenvalue weighted by molar-refractivity contribution is 8.00. The summed E-state index contributed by atoms with van der Waals surface area (Å²) in [6.07, 6.45) is 0. The number of carbonyl (C=O) groups is 2. The number of nitrogens with one attached hydrogen (secondary N) is 1. The maximum absolute atomic E-state index is 13.3. The minimum atomic E-state index is -0.115. The van der Waals surface area contributed by atoms with E-state index in [4.69, 9.17) is 9.72 Å². The fourth-order valence-electron chi connectivity index (χ4n) is 3.22. The highest BCUT2D eigenvalue weighted by Crippen LogP contribution is 2.33. The standard InChI is InChI=1S/C25H23N3O3S2/c1-17(29)26-19-8-11-21(12-9-19)32-16-24(30)28(15-18-6-4-3-5-7-18)25-27-22-13-10-20(31-2)14-23(22)33-25/h3-14H,15-16H2,1-2H3,(H,26,29). The average molecular weight is 478 g/mol. The second-order valence-corrected chi connectivity index (χ2v) is 9.35. The highest BCUT2D eigenvalue weighted by atomic mass is 32.2. The third kappa shape index (κ3) is 5.91. The highest BCUT2D eigenvalue weighted by Gasteiger charge is 2.21. The molecule has 8 heteroatoms. The van der Waals surface area contributed by atoms with E-state index < -0.39 is 0 Å². The molecule has 0 fully saturated rings. The first-order valence-corrected chi connectivity index (χ1v) is 12.1. The summed E-state index contributed by atoms with van der Waals surface area (Å²) < 4.78 is 6.29. The smallest absolute Gasteiger partial charge is 0.239 e. The van der Waals surface area contributed by atoms with Gasteiger partial charge >= 0.3 is 0 Å². The predicted molar refractivity (Wildman–Crippen MR) is 135 cm³/mol. The number of hydrogen-bond acceptors (Lipinski definition) is 6. The molecule has 0 saturated carbocycles. The summed E-state index contributed by atoms with van der Waals surface area (Å²) in [6, 6.07) is 23.1. The zero-order chi connectivity index (χ0) is 23.2. The number of thiazole rings is 1. The van der Waals surface area contributed by atoms with Crippen molar-refractivity contribution in [2.24, 2.45) is 0 Å². The van der Waals surface area contributed by atoms with Crippen molar-refractivity contribution in [2.45, 2.75) is 18.4 Å². The van der Waals surface area contributed by atoms with Gasteiger partial charge in [-0.3, -0.25) is 14.5 Å². The molecule has 0 aliphatic heterocycles. The van der Waals surface area contributed by atoms with E-state index in [-0.39, 0.29) is 17.6 Å². The molecular weight excluding hydrogens is 454 g/mol. The Kier molecular flexibility index (Phi) is 7.26. The van der Waals surface area contributed by atoms with Crippen molar-refractivity contribution in [3.63, 3.8) is 0 Å². The van der Waals surface area contributed by atoms with Gasteiger partial charge in [-0.2, -0.15) is 0 Å². The molecule has 0 unspecified atom stereocenters. The molecule has 2 amide bonds. The molecule has 6 nitrogen and oxygen atoms in total. The molecule has 0 spiro atoms. The van der Waals surface area contributed by atoms with Crippen molar-refractivity contribution in [3.05, 3.63) is 78.4 Å². The number of aromatic nitrogens is 1. The molecule has 4 aromatic rings. The van der Waals surface area contributed by atoms with E-state index in [1.165, 1.54) is 30.0 Å². The minimum absolute atomic E-state index is 0.0270. The lowest BCUT2D eigenvalue weighted by Crippen LogP contribution is -2.31. The lowest BCUT2D eigenvalue weighted by Gasteiger charge is -2.20. The number of anilines is 2. The van der Waals surface area contributed by atoms with Gasteiger partial charge in [0.05, 0.1) is 29.6 Å². The van der Waals surface area contributed by atoms with E-state index >= 15 is 0 Å². The van der Waals surface area contributed by atoms with Crippen molar-refractivity contribution in [1.82, 2.24) is 4.98 Å². The Hall–Kier alpha value is -3.36. The van der Waals surface area contributed by atoms with Crippen molar-refractivity contribution in [1.29, 1.82) is 0 Å². The molecule has 1 aromatic heterocycles. The predicted octanol–water partition coefficient (Wildman–Crippen LogP) is 5.59. The monoisotopic (exact) mass is 477 g/mol. The van der Waals surface area contributed by atoms with E-state index in [0.717, 1.165) is 32.1 Å². The van der Waals surface area contributed by atoms with Gasteiger partial charge in [0.1, 0.15) is 5.75 Å². The second-order valence-electron chi connectivity index (χ2n) is 7.29. The molecule has 0 saturated heterocycles. The summed E-state index contributed by atoms with van der Waals surface area (Å²) >= 11 is 2.93. The van der Waals surface area contributed by atoms with Crippen molar-refractivity contribution >= 4 is 55.9 Å². The Morgan fingerprint density at radius 1 is 1.06 bits per heavy atom. The van der Waals surface area contributed by atoms with E-state index in [1.54, 1.807) is 12.0 Å². The number of ether oxygens (including phenoxy) is 1. The Bertz CT molecular complexity index is 1260. The van der Waals surface area contributed by atoms with Crippen molar-refractivity contribution < 1.29 is 14.3 Å². The third-order valence-corrected chi connectivity index (χ3v) is 6.87. The molecule has 0 aliphatic carbocycles. The fraction of sp³-hybridized carbons (Fsp3) is 0.160. The van der Waals surface area contributed by atoms with Crippen LogP contribution in [0.1, 0.15) is 12.5 Å². The number of amides is 2. The van der Waals surface area contributed by atoms with Gasteiger partial charge in [-0.05, 0) is 48.0 Å². The number of nitrogens with zero attached hydrogens (tertiary/aromatic N) is 2. The zero-order valence-electron chi connectivity index (χ0n) is 18.3. The number of methoxy groups -OCH3 is 1. The van der Waals surface area contributed by atoms with Gasteiger partial charge in [0, 0.05) is 17.5 Å². The molecule has 3 aromatic carbocycles. The summed E-state index contributed by atoms with van der Waals surface area (Å²) in [5, 5.41) is 3.41. The maximum Gasteiger partial charge on any atom is 0.239 e. The van der Waals surface area contributed by atoms with Gasteiger partial charge in [0.25, 0.3) is 0 Å². The Morgan fingerprint density at radius 3 is 2.52 bits per heavy atom. The molecule has 0 atom stereocenters. The van der Waals surface area contributed by atoms with Crippen LogP contribution in [0.15, 0.2) is 77.7 Å². The van der Waals surface area contributed by atoms with Crippen LogP contribution < -0.4 is 15.0 Å². The molecule has 0 aliphatic rings. The van der Waals surface area contributed by atoms with E-state index in [0.29, 0.717) is 11.7 Å². The van der Waals surface area contributed by atoms with Gasteiger partial charge in [0.15, 0.2) is 5.13 Å². The second kappa shape index (κ2) is 10.5. The van der Waals surface area contributed by atoms with Crippen LogP contribution in [0.5, 0.6) is 5.75 Å². The van der Waals surface area contributed by atoms with Crippen LogP contribution in [0.4, 0.5) is 10.8 Å². The molecule has 0 bridgehead atoms. The fourth-order valence-corrected chi connectivity index (χ4v) is 5.01. The minimum Gasteiger partial charge on any atom is -0.497 e. The summed E-state index contributed by atoms with van der Waals surface area (Å²) in [5.74, 6) is 0.888. The summed E-state index contributed by atoms with van der Waals surface area (Å²) in [7, 11) is 1.63. The number of rotatable bonds is 8. The van der Waals surface area contributed by atoms with Crippen LogP contribution in [-0.4, -0.2) is 29.7 Å². The summed E-state index contributed by atoms with van der Waals surface area (Å²) in [5.41, 5.74) is 2.60. The first kappa shape index (κ1) is 22.8. The number of thioether (sulfide) groups is 1. The normalized spacial score (nSPS) is 10.7. The lowest BCUT2D eigenvalue weighted by atomic mass is 10.2. The van der Waals surface area contributed by atoms with Gasteiger partial charge in [0.2, 0.25) is 11.8 Å². The van der Waals surface area contributed by atoms with Gasteiger partial charge in [-0.1, -0.05) is 41.7 Å². The van der Waals surface area contributed by atoms with E-state index in [2.05, 4.69) is 5.32 Å². The van der Waals surface area contributed by atoms with Gasteiger partial charge < -0.3 is 10.1 Å². The van der Waals surface area contributed by atoms with Crippen LogP contribution in [0.2, 0.25) is 0 Å². The third-order valence-electron chi connectivity index (χ3n) is 4.84. The average Bonchev–Trinajstić information content (AvgIpc) is 3.25. The van der Waals surface area contributed by atoms with Crippen LogP contribution in [0.25, 0.3) is 10.2 Å². The van der Waals surface area contributed by atoms with Crippen LogP contribution in [-0.2, 0) is 16.1 Å². The molecule has 0 radical (unpaired) electrons. The largest absolute Gasteiger partial charge is 0.497 e. The van der Waals surface area contributed by atoms with Gasteiger partial charge in [-0.25, -0.2) is 4.98 Å². The number of hydrogen-bond donors (Lipinski definition) is 1. The molecule has 4 rings (SSSR count). The van der Waals surface area contributed by atoms with Crippen LogP contribution in [0, 0.1) is 0 Å². The van der Waals surface area contributed by atoms with Gasteiger partial charge in [-0.15, -0.1) is 11.8 Å². The van der Waals surface area contributed by atoms with Crippen LogP contribution >= 0.6 is 23.1 Å². The Morgan fingerprint density at radius 2 is 1.82 bits per heavy atom. The Labute approximate surface area is 200 Å². The van der Waals surface area contributed by atoms with Crippen LogP contribution in [0.3, 0.4) is 0 Å². The number of fused-ring (bicyclic) bond motifs is 1. The molecule has 168 valence electrons. The molecule has 1 heterocycles. The Balaban J connectivity index is 1.54. The number of benzene rings is 3. The lowest BCUT2D eigenvalue weighted by molar-refractivity contribution is -0.116. The van der Waals surface area contributed by atoms with E-state index in [9.17, 15) is 9.59 Å².